The Morgan fingerprint density at radius 2 is 2.27 bits per heavy atom. The van der Waals surface area contributed by atoms with Crippen molar-refractivity contribution in [3.8, 4) is 0 Å². The van der Waals surface area contributed by atoms with Crippen molar-refractivity contribution < 1.29 is 13.9 Å². The number of benzene rings is 1. The first kappa shape index (κ1) is 14.7. The van der Waals surface area contributed by atoms with Gasteiger partial charge in [-0.25, -0.2) is 4.39 Å². The summed E-state index contributed by atoms with van der Waals surface area (Å²) in [4.78, 5) is 26.5. The molecule has 3 rings (SSSR count). The number of rotatable bonds is 3. The summed E-state index contributed by atoms with van der Waals surface area (Å²) in [5.74, 6) is -0.848. The molecule has 116 valence electrons. The summed E-state index contributed by atoms with van der Waals surface area (Å²) in [5, 5.41) is 6.42. The normalized spacial score (nSPS) is 18.3. The molecular weight excluding hydrogens is 289 g/mol. The number of pyridine rings is 1. The number of nitrogens with one attached hydrogen (secondary N) is 3. The third-order valence-corrected chi connectivity index (χ3v) is 3.54. The molecular formula is C15H16FN3O3. The molecule has 0 radical (unpaired) electrons. The maximum absolute atomic E-state index is 13.2. The second-order valence-corrected chi connectivity index (χ2v) is 5.14. The van der Waals surface area contributed by atoms with E-state index < -0.39 is 11.4 Å². The summed E-state index contributed by atoms with van der Waals surface area (Å²) in [6, 6.07) is 5.15. The van der Waals surface area contributed by atoms with E-state index in [0.29, 0.717) is 30.6 Å². The Hall–Kier alpha value is -2.25. The fourth-order valence-electron chi connectivity index (χ4n) is 2.47. The molecule has 0 aliphatic carbocycles. The van der Waals surface area contributed by atoms with Crippen LogP contribution in [0.25, 0.3) is 10.9 Å². The summed E-state index contributed by atoms with van der Waals surface area (Å²) in [5.41, 5.74) is 0.0783. The third kappa shape index (κ3) is 3.15. The van der Waals surface area contributed by atoms with Gasteiger partial charge in [0, 0.05) is 31.1 Å². The van der Waals surface area contributed by atoms with Crippen molar-refractivity contribution in [3.05, 3.63) is 46.0 Å². The number of fused-ring (bicyclic) bond motifs is 1. The molecule has 1 aliphatic heterocycles. The molecule has 22 heavy (non-hydrogen) atoms. The first-order valence-corrected chi connectivity index (χ1v) is 7.06. The van der Waals surface area contributed by atoms with Crippen molar-refractivity contribution in [2.45, 2.75) is 6.10 Å². The molecule has 0 spiro atoms. The standard InChI is InChI=1S/C15H16FN3O3/c16-9-1-2-11-12(6-14(20)19-13(11)5-9)15(21)18-8-10-7-17-3-4-22-10/h1-2,5-6,10,17H,3-4,7-8H2,(H,18,21)(H,19,20). The number of hydrogen-bond acceptors (Lipinski definition) is 4. The Kier molecular flexibility index (Phi) is 4.17. The van der Waals surface area contributed by atoms with E-state index in [1.165, 1.54) is 24.3 Å². The van der Waals surface area contributed by atoms with Gasteiger partial charge < -0.3 is 20.4 Å². The first-order valence-electron chi connectivity index (χ1n) is 7.06. The van der Waals surface area contributed by atoms with E-state index in [9.17, 15) is 14.0 Å². The van der Waals surface area contributed by atoms with Crippen LogP contribution in [0, 0.1) is 5.82 Å². The Morgan fingerprint density at radius 1 is 1.41 bits per heavy atom. The predicted octanol–water partition coefficient (Wildman–Crippen LogP) is 0.385. The molecule has 0 bridgehead atoms. The number of morpholine rings is 1. The number of H-pyrrole nitrogens is 1. The fraction of sp³-hybridized carbons (Fsp3) is 0.333. The van der Waals surface area contributed by atoms with Gasteiger partial charge in [0.1, 0.15) is 5.82 Å². The molecule has 7 heteroatoms. The Labute approximate surface area is 125 Å². The zero-order chi connectivity index (χ0) is 15.5. The highest BCUT2D eigenvalue weighted by Gasteiger charge is 2.17. The number of ether oxygens (including phenoxy) is 1. The van der Waals surface area contributed by atoms with Gasteiger partial charge in [-0.1, -0.05) is 0 Å². The minimum absolute atomic E-state index is 0.0941. The summed E-state index contributed by atoms with van der Waals surface area (Å²) >= 11 is 0. The average molecular weight is 305 g/mol. The number of aromatic nitrogens is 1. The van der Waals surface area contributed by atoms with Gasteiger partial charge in [-0.15, -0.1) is 0 Å². The molecule has 1 aromatic heterocycles. The van der Waals surface area contributed by atoms with Crippen molar-refractivity contribution in [1.82, 2.24) is 15.6 Å². The largest absolute Gasteiger partial charge is 0.374 e. The van der Waals surface area contributed by atoms with Gasteiger partial charge in [0.05, 0.1) is 23.8 Å². The van der Waals surface area contributed by atoms with Gasteiger partial charge in [0.2, 0.25) is 5.56 Å². The van der Waals surface area contributed by atoms with Crippen LogP contribution in [0.5, 0.6) is 0 Å². The van der Waals surface area contributed by atoms with Gasteiger partial charge in [0.15, 0.2) is 0 Å². The molecule has 0 saturated carbocycles. The van der Waals surface area contributed by atoms with Gasteiger partial charge in [0.25, 0.3) is 5.91 Å². The van der Waals surface area contributed by atoms with E-state index in [1.54, 1.807) is 0 Å². The molecule has 1 atom stereocenters. The highest BCUT2D eigenvalue weighted by atomic mass is 19.1. The van der Waals surface area contributed by atoms with Crippen molar-refractivity contribution in [2.24, 2.45) is 0 Å². The summed E-state index contributed by atoms with van der Waals surface area (Å²) in [7, 11) is 0. The lowest BCUT2D eigenvalue weighted by Crippen LogP contribution is -2.45. The molecule has 3 N–H and O–H groups in total. The first-order chi connectivity index (χ1) is 10.6. The monoisotopic (exact) mass is 305 g/mol. The van der Waals surface area contributed by atoms with Gasteiger partial charge in [-0.05, 0) is 18.2 Å². The quantitative estimate of drug-likeness (QED) is 0.766. The van der Waals surface area contributed by atoms with Crippen LogP contribution < -0.4 is 16.2 Å². The summed E-state index contributed by atoms with van der Waals surface area (Å²) in [6.07, 6.45) is -0.0941. The zero-order valence-electron chi connectivity index (χ0n) is 11.8. The molecule has 1 aromatic carbocycles. The minimum atomic E-state index is -0.470. The number of hydrogen-bond donors (Lipinski definition) is 3. The van der Waals surface area contributed by atoms with Crippen LogP contribution >= 0.6 is 0 Å². The fourth-order valence-corrected chi connectivity index (χ4v) is 2.47. The van der Waals surface area contributed by atoms with E-state index in [4.69, 9.17) is 4.74 Å². The second kappa shape index (κ2) is 6.25. The van der Waals surface area contributed by atoms with Crippen molar-refractivity contribution in [2.75, 3.05) is 26.2 Å². The number of halogens is 1. The number of amides is 1. The van der Waals surface area contributed by atoms with Crippen molar-refractivity contribution in [1.29, 1.82) is 0 Å². The van der Waals surface area contributed by atoms with Crippen LogP contribution in [0.4, 0.5) is 4.39 Å². The summed E-state index contributed by atoms with van der Waals surface area (Å²) in [6.45, 7) is 2.42. The van der Waals surface area contributed by atoms with E-state index in [-0.39, 0.29) is 17.6 Å². The Morgan fingerprint density at radius 3 is 3.05 bits per heavy atom. The van der Waals surface area contributed by atoms with Gasteiger partial charge in [-0.2, -0.15) is 0 Å². The number of carbonyl (C=O) groups is 1. The smallest absolute Gasteiger partial charge is 0.252 e. The van der Waals surface area contributed by atoms with Crippen molar-refractivity contribution in [3.63, 3.8) is 0 Å². The Balaban J connectivity index is 1.82. The van der Waals surface area contributed by atoms with Crippen LogP contribution in [0.15, 0.2) is 29.1 Å². The second-order valence-electron chi connectivity index (χ2n) is 5.14. The van der Waals surface area contributed by atoms with Crippen LogP contribution in [-0.2, 0) is 4.74 Å². The molecule has 6 nitrogen and oxygen atoms in total. The predicted molar refractivity (Wildman–Crippen MR) is 79.5 cm³/mol. The maximum Gasteiger partial charge on any atom is 0.252 e. The van der Waals surface area contributed by atoms with Crippen molar-refractivity contribution >= 4 is 16.8 Å². The molecule has 2 aromatic rings. The van der Waals surface area contributed by atoms with E-state index in [0.717, 1.165) is 6.54 Å². The van der Waals surface area contributed by atoms with E-state index >= 15 is 0 Å². The average Bonchev–Trinajstić information content (AvgIpc) is 2.52. The lowest BCUT2D eigenvalue weighted by atomic mass is 10.1. The van der Waals surface area contributed by atoms with Crippen LogP contribution in [-0.4, -0.2) is 43.2 Å². The minimum Gasteiger partial charge on any atom is -0.374 e. The van der Waals surface area contributed by atoms with Gasteiger partial charge >= 0.3 is 0 Å². The highest BCUT2D eigenvalue weighted by molar-refractivity contribution is 6.05. The zero-order valence-corrected chi connectivity index (χ0v) is 11.8. The Bertz CT molecular complexity index is 753. The van der Waals surface area contributed by atoms with E-state index in [1.807, 2.05) is 0 Å². The number of aromatic amines is 1. The third-order valence-electron chi connectivity index (χ3n) is 3.54. The SMILES string of the molecule is O=C(NCC1CNCCO1)c1cc(=O)[nH]c2cc(F)ccc12. The molecule has 1 amide bonds. The van der Waals surface area contributed by atoms with Gasteiger partial charge in [-0.3, -0.25) is 9.59 Å². The molecule has 2 heterocycles. The molecule has 1 aliphatic rings. The molecule has 1 fully saturated rings. The van der Waals surface area contributed by atoms with Crippen LogP contribution in [0.1, 0.15) is 10.4 Å². The maximum atomic E-state index is 13.2. The molecule has 1 saturated heterocycles. The number of carbonyl (C=O) groups excluding carboxylic acids is 1. The lowest BCUT2D eigenvalue weighted by molar-refractivity contribution is 0.0287. The molecule has 1 unspecified atom stereocenters. The van der Waals surface area contributed by atoms with Crippen LogP contribution in [0.2, 0.25) is 0 Å². The lowest BCUT2D eigenvalue weighted by Gasteiger charge is -2.23. The topological polar surface area (TPSA) is 83.2 Å². The summed E-state index contributed by atoms with van der Waals surface area (Å²) < 4.78 is 18.7. The van der Waals surface area contributed by atoms with Crippen LogP contribution in [0.3, 0.4) is 0 Å². The van der Waals surface area contributed by atoms with E-state index in [2.05, 4.69) is 15.6 Å². The highest BCUT2D eigenvalue weighted by Crippen LogP contribution is 2.16.